The van der Waals surface area contributed by atoms with Gasteiger partial charge in [0.05, 0.1) is 18.5 Å². The molecule has 1 aromatic heterocycles. The summed E-state index contributed by atoms with van der Waals surface area (Å²) in [6, 6.07) is 0. The smallest absolute Gasteiger partial charge is 0.371 e. The number of halogens is 3. The van der Waals surface area contributed by atoms with Crippen LogP contribution in [0.2, 0.25) is 0 Å². The first kappa shape index (κ1) is 12.9. The molecule has 0 unspecified atom stereocenters. The Morgan fingerprint density at radius 2 is 2.25 bits per heavy atom. The number of rotatable bonds is 6. The second-order valence-electron chi connectivity index (χ2n) is 3.19. The van der Waals surface area contributed by atoms with Crippen LogP contribution in [0.1, 0.15) is 5.69 Å². The molecule has 0 saturated carbocycles. The summed E-state index contributed by atoms with van der Waals surface area (Å²) < 4.78 is 41.0. The largest absolute Gasteiger partial charge is 0.411 e. The maximum absolute atomic E-state index is 11.7. The Kier molecular flexibility index (Phi) is 4.69. The predicted octanol–water partition coefficient (Wildman–Crippen LogP) is 0.484. The van der Waals surface area contributed by atoms with Crippen molar-refractivity contribution in [3.05, 3.63) is 11.9 Å². The highest BCUT2D eigenvalue weighted by atomic mass is 19.4. The van der Waals surface area contributed by atoms with Gasteiger partial charge >= 0.3 is 6.18 Å². The van der Waals surface area contributed by atoms with Crippen molar-refractivity contribution in [3.63, 3.8) is 0 Å². The van der Waals surface area contributed by atoms with E-state index in [4.69, 9.17) is 0 Å². The van der Waals surface area contributed by atoms with E-state index < -0.39 is 12.8 Å². The number of nitrogens with one attached hydrogen (secondary N) is 1. The Balaban J connectivity index is 2.03. The summed E-state index contributed by atoms with van der Waals surface area (Å²) in [5, 5.41) is 10.3. The average molecular weight is 238 g/mol. The maximum atomic E-state index is 11.7. The van der Waals surface area contributed by atoms with E-state index >= 15 is 0 Å². The molecular formula is C8H13F3N4O. The molecular weight excluding hydrogens is 225 g/mol. The summed E-state index contributed by atoms with van der Waals surface area (Å²) in [7, 11) is 1.74. The molecule has 0 radical (unpaired) electrons. The van der Waals surface area contributed by atoms with Crippen LogP contribution < -0.4 is 5.32 Å². The molecule has 0 fully saturated rings. The first-order chi connectivity index (χ1) is 7.49. The fraction of sp³-hybridized carbons (Fsp3) is 0.750. The van der Waals surface area contributed by atoms with Gasteiger partial charge in [0.15, 0.2) is 0 Å². The van der Waals surface area contributed by atoms with Gasteiger partial charge in [-0.1, -0.05) is 5.21 Å². The van der Waals surface area contributed by atoms with Crippen LogP contribution in [-0.4, -0.2) is 40.9 Å². The van der Waals surface area contributed by atoms with Crippen LogP contribution in [0.4, 0.5) is 13.2 Å². The van der Waals surface area contributed by atoms with Crippen LogP contribution in [0, 0.1) is 0 Å². The minimum absolute atomic E-state index is 0.0186. The van der Waals surface area contributed by atoms with Crippen LogP contribution in [0.3, 0.4) is 0 Å². The van der Waals surface area contributed by atoms with Gasteiger partial charge in [-0.05, 0) is 0 Å². The van der Waals surface area contributed by atoms with Gasteiger partial charge in [-0.15, -0.1) is 5.10 Å². The summed E-state index contributed by atoms with van der Waals surface area (Å²) in [5.74, 6) is 0. The van der Waals surface area contributed by atoms with E-state index in [-0.39, 0.29) is 6.61 Å². The van der Waals surface area contributed by atoms with E-state index in [1.54, 1.807) is 17.9 Å². The molecule has 0 saturated heterocycles. The van der Waals surface area contributed by atoms with E-state index in [0.29, 0.717) is 13.1 Å². The highest BCUT2D eigenvalue weighted by Gasteiger charge is 2.27. The molecule has 5 nitrogen and oxygen atoms in total. The van der Waals surface area contributed by atoms with Crippen molar-refractivity contribution < 1.29 is 17.9 Å². The molecule has 1 heterocycles. The van der Waals surface area contributed by atoms with Crippen molar-refractivity contribution >= 4 is 0 Å². The number of hydrogen-bond acceptors (Lipinski definition) is 4. The number of aryl methyl sites for hydroxylation is 1. The summed E-state index contributed by atoms with van der Waals surface area (Å²) in [6.07, 6.45) is -2.67. The SMILES string of the molecule is Cn1nncc1CNCCOCC(F)(F)F. The Bertz CT molecular complexity index is 312. The Morgan fingerprint density at radius 1 is 1.50 bits per heavy atom. The highest BCUT2D eigenvalue weighted by Crippen LogP contribution is 2.13. The van der Waals surface area contributed by atoms with Gasteiger partial charge < -0.3 is 10.1 Å². The van der Waals surface area contributed by atoms with E-state index in [9.17, 15) is 13.2 Å². The first-order valence-corrected chi connectivity index (χ1v) is 4.68. The van der Waals surface area contributed by atoms with E-state index in [1.807, 2.05) is 0 Å². The number of hydrogen-bond donors (Lipinski definition) is 1. The zero-order valence-electron chi connectivity index (χ0n) is 8.79. The van der Waals surface area contributed by atoms with Crippen molar-refractivity contribution in [3.8, 4) is 0 Å². The fourth-order valence-corrected chi connectivity index (χ4v) is 1.02. The lowest BCUT2D eigenvalue weighted by Crippen LogP contribution is -2.24. The molecule has 92 valence electrons. The van der Waals surface area contributed by atoms with Gasteiger partial charge in [0.25, 0.3) is 0 Å². The van der Waals surface area contributed by atoms with Crippen molar-refractivity contribution in [2.45, 2.75) is 12.7 Å². The van der Waals surface area contributed by atoms with E-state index in [0.717, 1.165) is 5.69 Å². The third kappa shape index (κ3) is 5.08. The summed E-state index contributed by atoms with van der Waals surface area (Å²) in [4.78, 5) is 0. The highest BCUT2D eigenvalue weighted by molar-refractivity contribution is 4.91. The molecule has 1 aromatic rings. The summed E-state index contributed by atoms with van der Waals surface area (Å²) in [5.41, 5.74) is 0.857. The molecule has 0 atom stereocenters. The van der Waals surface area contributed by atoms with E-state index in [2.05, 4.69) is 20.4 Å². The molecule has 0 amide bonds. The van der Waals surface area contributed by atoms with Gasteiger partial charge in [0, 0.05) is 20.1 Å². The third-order valence-electron chi connectivity index (χ3n) is 1.80. The standard InChI is InChI=1S/C8H13F3N4O/c1-15-7(5-13-14-15)4-12-2-3-16-6-8(9,10)11/h5,12H,2-4,6H2,1H3. The van der Waals surface area contributed by atoms with Crippen LogP contribution in [0.15, 0.2) is 6.20 Å². The predicted molar refractivity (Wildman–Crippen MR) is 49.6 cm³/mol. The molecule has 16 heavy (non-hydrogen) atoms. The van der Waals surface area contributed by atoms with Crippen LogP contribution in [0.5, 0.6) is 0 Å². The number of alkyl halides is 3. The monoisotopic (exact) mass is 238 g/mol. The van der Waals surface area contributed by atoms with Crippen LogP contribution >= 0.6 is 0 Å². The third-order valence-corrected chi connectivity index (χ3v) is 1.80. The lowest BCUT2D eigenvalue weighted by Gasteiger charge is -2.08. The molecule has 0 bridgehead atoms. The van der Waals surface area contributed by atoms with Crippen molar-refractivity contribution in [2.24, 2.45) is 7.05 Å². The van der Waals surface area contributed by atoms with Crippen molar-refractivity contribution in [1.82, 2.24) is 20.3 Å². The Morgan fingerprint density at radius 3 is 2.81 bits per heavy atom. The molecule has 0 aromatic carbocycles. The molecule has 8 heteroatoms. The molecule has 0 aliphatic heterocycles. The van der Waals surface area contributed by atoms with E-state index in [1.165, 1.54) is 0 Å². The van der Waals surface area contributed by atoms with Gasteiger partial charge in [-0.25, -0.2) is 0 Å². The molecule has 1 rings (SSSR count). The minimum atomic E-state index is -4.26. The second-order valence-corrected chi connectivity index (χ2v) is 3.19. The van der Waals surface area contributed by atoms with Gasteiger partial charge in [-0.3, -0.25) is 4.68 Å². The van der Waals surface area contributed by atoms with Crippen LogP contribution in [-0.2, 0) is 18.3 Å². The Hall–Kier alpha value is -1.15. The zero-order chi connectivity index (χ0) is 12.0. The lowest BCUT2D eigenvalue weighted by molar-refractivity contribution is -0.173. The quantitative estimate of drug-likeness (QED) is 0.732. The molecule has 0 aliphatic rings. The fourth-order valence-electron chi connectivity index (χ4n) is 1.02. The van der Waals surface area contributed by atoms with Gasteiger partial charge in [0.2, 0.25) is 0 Å². The van der Waals surface area contributed by atoms with Crippen molar-refractivity contribution in [2.75, 3.05) is 19.8 Å². The first-order valence-electron chi connectivity index (χ1n) is 4.68. The zero-order valence-corrected chi connectivity index (χ0v) is 8.79. The molecule has 0 aliphatic carbocycles. The number of nitrogens with zero attached hydrogens (tertiary/aromatic N) is 3. The lowest BCUT2D eigenvalue weighted by atomic mass is 10.4. The summed E-state index contributed by atoms with van der Waals surface area (Å²) in [6.45, 7) is -0.340. The summed E-state index contributed by atoms with van der Waals surface area (Å²) >= 11 is 0. The van der Waals surface area contributed by atoms with Gasteiger partial charge in [-0.2, -0.15) is 13.2 Å². The maximum Gasteiger partial charge on any atom is 0.411 e. The van der Waals surface area contributed by atoms with Gasteiger partial charge in [0.1, 0.15) is 6.61 Å². The van der Waals surface area contributed by atoms with Crippen molar-refractivity contribution in [1.29, 1.82) is 0 Å². The number of aromatic nitrogens is 3. The number of ether oxygens (including phenoxy) is 1. The minimum Gasteiger partial charge on any atom is -0.371 e. The topological polar surface area (TPSA) is 52.0 Å². The molecule has 0 spiro atoms. The normalized spacial score (nSPS) is 12.0. The second kappa shape index (κ2) is 5.80. The Labute approximate surface area is 90.6 Å². The molecule has 1 N–H and O–H groups in total. The van der Waals surface area contributed by atoms with Crippen LogP contribution in [0.25, 0.3) is 0 Å². The average Bonchev–Trinajstić information content (AvgIpc) is 2.56.